The lowest BCUT2D eigenvalue weighted by Gasteiger charge is -2.73. The predicted octanol–water partition coefficient (Wildman–Crippen LogP) is 5.05. The first-order valence-corrected chi connectivity index (χ1v) is 10.6. The third-order valence-electron chi connectivity index (χ3n) is 10.1. The zero-order valence-corrected chi connectivity index (χ0v) is 15.6. The van der Waals surface area contributed by atoms with Crippen LogP contribution in [0.2, 0.25) is 0 Å². The van der Waals surface area contributed by atoms with Crippen molar-refractivity contribution in [3.8, 4) is 11.8 Å². The van der Waals surface area contributed by atoms with Gasteiger partial charge in [-0.2, -0.15) is 0 Å². The molecule has 7 aliphatic rings. The second-order valence-corrected chi connectivity index (χ2v) is 10.7. The lowest BCUT2D eigenvalue weighted by atomic mass is 9.40. The highest BCUT2D eigenvalue weighted by atomic mass is 16.5. The summed E-state index contributed by atoms with van der Waals surface area (Å²) in [6.45, 7) is 7.29. The average Bonchev–Trinajstić information content (AvgIpc) is 3.25. The smallest absolute Gasteiger partial charge is 0.0767 e. The van der Waals surface area contributed by atoms with Gasteiger partial charge in [0.2, 0.25) is 0 Å². The molecule has 1 nitrogen and oxygen atoms in total. The highest BCUT2D eigenvalue weighted by Crippen LogP contribution is 2.78. The molecule has 2 saturated heterocycles. The summed E-state index contributed by atoms with van der Waals surface area (Å²) in [5.41, 5.74) is 1.25. The summed E-state index contributed by atoms with van der Waals surface area (Å²) in [7, 11) is 0. The molecular weight excluding hydrogens is 292 g/mol. The van der Waals surface area contributed by atoms with Crippen molar-refractivity contribution in [1.82, 2.24) is 0 Å². The minimum atomic E-state index is 0.287. The summed E-state index contributed by atoms with van der Waals surface area (Å²) >= 11 is 0. The first-order valence-electron chi connectivity index (χ1n) is 10.6. The maximum Gasteiger partial charge on any atom is 0.0767 e. The van der Waals surface area contributed by atoms with Crippen LogP contribution in [0.4, 0.5) is 0 Å². The van der Waals surface area contributed by atoms with Gasteiger partial charge in [-0.1, -0.05) is 32.6 Å². The Morgan fingerprint density at radius 1 is 1.04 bits per heavy atom. The van der Waals surface area contributed by atoms with Crippen LogP contribution in [0, 0.1) is 58.2 Å². The Morgan fingerprint density at radius 2 is 1.83 bits per heavy atom. The zero-order valence-electron chi connectivity index (χ0n) is 15.6. The van der Waals surface area contributed by atoms with E-state index < -0.39 is 0 Å². The molecule has 10 unspecified atom stereocenters. The third kappa shape index (κ3) is 1.40. The number of fused-ring (bicyclic) bond motifs is 3. The summed E-state index contributed by atoms with van der Waals surface area (Å²) < 4.78 is 6.82. The summed E-state index contributed by atoms with van der Waals surface area (Å²) in [6.07, 6.45) is 12.0. The maximum atomic E-state index is 6.82. The molecule has 1 spiro atoms. The number of hydrogen-bond donors (Lipinski definition) is 0. The third-order valence-corrected chi connectivity index (χ3v) is 10.1. The van der Waals surface area contributed by atoms with E-state index in [1.807, 2.05) is 6.92 Å². The SMILES string of the molecule is CC#CC1C2CC2C2C3C4CC5(CCCCC5(C)C3CCC12C)O4. The van der Waals surface area contributed by atoms with Crippen molar-refractivity contribution in [3.05, 3.63) is 0 Å². The van der Waals surface area contributed by atoms with Gasteiger partial charge in [0.1, 0.15) is 0 Å². The standard InChI is InChI=1S/C23H32O/c1-4-7-16-14-12-15(14)20-19-17(8-11-21(16,20)2)22(3)9-5-6-10-23(22)13-18(19)24-23/h14-20H,5-6,8-13H2,1-3H3. The first-order chi connectivity index (χ1) is 11.5. The summed E-state index contributed by atoms with van der Waals surface area (Å²) in [4.78, 5) is 0. The number of rotatable bonds is 0. The number of ether oxygens (including phenoxy) is 1. The van der Waals surface area contributed by atoms with Gasteiger partial charge in [-0.15, -0.1) is 5.92 Å². The molecule has 0 aromatic rings. The van der Waals surface area contributed by atoms with E-state index in [0.717, 1.165) is 29.6 Å². The van der Waals surface area contributed by atoms with E-state index in [2.05, 4.69) is 25.7 Å². The van der Waals surface area contributed by atoms with Crippen LogP contribution in [0.25, 0.3) is 0 Å². The lowest BCUT2D eigenvalue weighted by molar-refractivity contribution is -0.369. The van der Waals surface area contributed by atoms with E-state index in [1.165, 1.54) is 51.4 Å². The largest absolute Gasteiger partial charge is 0.371 e. The Morgan fingerprint density at radius 3 is 2.62 bits per heavy atom. The molecule has 5 saturated carbocycles. The summed E-state index contributed by atoms with van der Waals surface area (Å²) in [5.74, 6) is 12.3. The molecule has 7 rings (SSSR count). The first kappa shape index (κ1) is 14.7. The molecule has 7 fully saturated rings. The van der Waals surface area contributed by atoms with Gasteiger partial charge in [0.15, 0.2) is 0 Å². The van der Waals surface area contributed by atoms with Crippen molar-refractivity contribution in [2.24, 2.45) is 46.3 Å². The van der Waals surface area contributed by atoms with Crippen molar-refractivity contribution in [3.63, 3.8) is 0 Å². The fourth-order valence-corrected chi connectivity index (χ4v) is 9.12. The van der Waals surface area contributed by atoms with Gasteiger partial charge < -0.3 is 4.74 Å². The van der Waals surface area contributed by atoms with Crippen LogP contribution in [0.5, 0.6) is 0 Å². The van der Waals surface area contributed by atoms with Gasteiger partial charge in [0.25, 0.3) is 0 Å². The molecule has 2 aliphatic heterocycles. The molecule has 0 aromatic heterocycles. The molecule has 10 atom stereocenters. The average molecular weight is 325 g/mol. The fourth-order valence-electron chi connectivity index (χ4n) is 9.12. The van der Waals surface area contributed by atoms with E-state index in [-0.39, 0.29) is 5.60 Å². The van der Waals surface area contributed by atoms with E-state index >= 15 is 0 Å². The molecule has 0 radical (unpaired) electrons. The van der Waals surface area contributed by atoms with Crippen LogP contribution in [0.1, 0.15) is 72.1 Å². The van der Waals surface area contributed by atoms with Crippen molar-refractivity contribution in [2.75, 3.05) is 0 Å². The second-order valence-electron chi connectivity index (χ2n) is 10.7. The van der Waals surface area contributed by atoms with Crippen LogP contribution in [-0.4, -0.2) is 11.7 Å². The summed E-state index contributed by atoms with van der Waals surface area (Å²) in [5, 5.41) is 0. The maximum absolute atomic E-state index is 6.82. The predicted molar refractivity (Wildman–Crippen MR) is 95.1 cm³/mol. The fraction of sp³-hybridized carbons (Fsp3) is 0.913. The molecule has 0 N–H and O–H groups in total. The van der Waals surface area contributed by atoms with Crippen molar-refractivity contribution < 1.29 is 4.74 Å². The molecular formula is C23H32O. The van der Waals surface area contributed by atoms with Gasteiger partial charge in [-0.25, -0.2) is 0 Å². The second kappa shape index (κ2) is 4.25. The van der Waals surface area contributed by atoms with E-state index in [0.29, 0.717) is 22.9 Å². The Kier molecular flexibility index (Phi) is 2.60. The molecule has 5 aliphatic carbocycles. The molecule has 130 valence electrons. The molecule has 24 heavy (non-hydrogen) atoms. The highest BCUT2D eigenvalue weighted by Gasteiger charge is 2.76. The Labute approximate surface area is 147 Å². The minimum Gasteiger partial charge on any atom is -0.371 e. The molecule has 2 bridgehead atoms. The zero-order chi connectivity index (χ0) is 16.3. The highest BCUT2D eigenvalue weighted by molar-refractivity contribution is 5.28. The van der Waals surface area contributed by atoms with Crippen molar-refractivity contribution in [1.29, 1.82) is 0 Å². The molecule has 2 heterocycles. The van der Waals surface area contributed by atoms with Crippen LogP contribution >= 0.6 is 0 Å². The van der Waals surface area contributed by atoms with Gasteiger partial charge in [-0.3, -0.25) is 0 Å². The molecule has 0 aromatic carbocycles. The van der Waals surface area contributed by atoms with Crippen LogP contribution in [0.3, 0.4) is 0 Å². The minimum absolute atomic E-state index is 0.287. The van der Waals surface area contributed by atoms with Crippen LogP contribution < -0.4 is 0 Å². The lowest BCUT2D eigenvalue weighted by Crippen LogP contribution is -2.74. The Hall–Kier alpha value is -0.480. The van der Waals surface area contributed by atoms with Crippen LogP contribution in [-0.2, 0) is 4.74 Å². The normalized spacial score (nSPS) is 65.2. The summed E-state index contributed by atoms with van der Waals surface area (Å²) in [6, 6.07) is 0. The van der Waals surface area contributed by atoms with E-state index in [4.69, 9.17) is 4.74 Å². The van der Waals surface area contributed by atoms with E-state index in [9.17, 15) is 0 Å². The topological polar surface area (TPSA) is 9.23 Å². The Balaban J connectivity index is 1.42. The molecule has 1 heteroatoms. The quantitative estimate of drug-likeness (QED) is 0.567. The van der Waals surface area contributed by atoms with Gasteiger partial charge in [0, 0.05) is 12.3 Å². The van der Waals surface area contributed by atoms with Crippen molar-refractivity contribution >= 4 is 0 Å². The van der Waals surface area contributed by atoms with E-state index in [1.54, 1.807) is 0 Å². The monoisotopic (exact) mass is 324 g/mol. The Bertz CT molecular complexity index is 649. The van der Waals surface area contributed by atoms with Crippen molar-refractivity contribution in [2.45, 2.75) is 83.8 Å². The van der Waals surface area contributed by atoms with Gasteiger partial charge >= 0.3 is 0 Å². The molecule has 0 amide bonds. The van der Waals surface area contributed by atoms with Gasteiger partial charge in [-0.05, 0) is 79.4 Å². The van der Waals surface area contributed by atoms with Crippen LogP contribution in [0.15, 0.2) is 0 Å². The van der Waals surface area contributed by atoms with Gasteiger partial charge in [0.05, 0.1) is 11.7 Å². The number of hydrogen-bond acceptors (Lipinski definition) is 1.